The third-order valence-electron chi connectivity index (χ3n) is 2.18. The SMILES string of the molecule is CCC(=NC(=O)OCCOC)c1ccccc1. The molecule has 0 aliphatic heterocycles. The van der Waals surface area contributed by atoms with Crippen LogP contribution in [-0.2, 0) is 9.47 Å². The molecule has 0 spiro atoms. The lowest BCUT2D eigenvalue weighted by Gasteiger charge is -2.04. The third-order valence-corrected chi connectivity index (χ3v) is 2.18. The van der Waals surface area contributed by atoms with Crippen molar-refractivity contribution in [2.45, 2.75) is 13.3 Å². The predicted octanol–water partition coefficient (Wildman–Crippen LogP) is 2.67. The van der Waals surface area contributed by atoms with Gasteiger partial charge in [-0.25, -0.2) is 4.79 Å². The number of carbonyl (C=O) groups excluding carboxylic acids is 1. The first-order chi connectivity index (χ1) is 8.27. The molecule has 0 radical (unpaired) electrons. The first kappa shape index (κ1) is 13.4. The lowest BCUT2D eigenvalue weighted by atomic mass is 10.1. The molecular weight excluding hydrogens is 218 g/mol. The van der Waals surface area contributed by atoms with Crippen molar-refractivity contribution in [3.63, 3.8) is 0 Å². The minimum absolute atomic E-state index is 0.227. The van der Waals surface area contributed by atoms with Gasteiger partial charge in [-0.2, -0.15) is 4.99 Å². The predicted molar refractivity (Wildman–Crippen MR) is 66.5 cm³/mol. The van der Waals surface area contributed by atoms with Crippen molar-refractivity contribution < 1.29 is 14.3 Å². The summed E-state index contributed by atoms with van der Waals surface area (Å²) >= 11 is 0. The topological polar surface area (TPSA) is 47.9 Å². The van der Waals surface area contributed by atoms with Crippen LogP contribution in [0.4, 0.5) is 4.79 Å². The van der Waals surface area contributed by atoms with Crippen molar-refractivity contribution in [2.75, 3.05) is 20.3 Å². The van der Waals surface area contributed by atoms with E-state index >= 15 is 0 Å². The molecule has 0 saturated heterocycles. The van der Waals surface area contributed by atoms with E-state index in [0.717, 1.165) is 11.3 Å². The number of ether oxygens (including phenoxy) is 2. The Kier molecular flexibility index (Phi) is 5.96. The molecule has 0 N–H and O–H groups in total. The highest BCUT2D eigenvalue weighted by molar-refractivity contribution is 6.05. The van der Waals surface area contributed by atoms with Crippen molar-refractivity contribution in [1.29, 1.82) is 0 Å². The fourth-order valence-electron chi connectivity index (χ4n) is 1.33. The van der Waals surface area contributed by atoms with E-state index in [1.807, 2.05) is 37.3 Å². The number of hydrogen-bond acceptors (Lipinski definition) is 3. The largest absolute Gasteiger partial charge is 0.445 e. The molecule has 0 atom stereocenters. The first-order valence-electron chi connectivity index (χ1n) is 5.56. The summed E-state index contributed by atoms with van der Waals surface area (Å²) in [5.41, 5.74) is 1.67. The van der Waals surface area contributed by atoms with Crippen molar-refractivity contribution in [3.8, 4) is 0 Å². The third kappa shape index (κ3) is 4.78. The molecule has 4 nitrogen and oxygen atoms in total. The Morgan fingerprint density at radius 3 is 2.53 bits per heavy atom. The molecule has 17 heavy (non-hydrogen) atoms. The number of carbonyl (C=O) groups is 1. The van der Waals surface area contributed by atoms with Gasteiger partial charge in [0.05, 0.1) is 12.3 Å². The summed E-state index contributed by atoms with van der Waals surface area (Å²) in [7, 11) is 1.55. The van der Waals surface area contributed by atoms with Gasteiger partial charge < -0.3 is 9.47 Å². The van der Waals surface area contributed by atoms with Gasteiger partial charge in [-0.3, -0.25) is 0 Å². The van der Waals surface area contributed by atoms with Crippen LogP contribution in [0.5, 0.6) is 0 Å². The average molecular weight is 235 g/mol. The number of amides is 1. The number of rotatable bonds is 5. The van der Waals surface area contributed by atoms with Gasteiger partial charge in [0.25, 0.3) is 0 Å². The van der Waals surface area contributed by atoms with Crippen molar-refractivity contribution in [1.82, 2.24) is 0 Å². The smallest absolute Gasteiger partial charge is 0.433 e. The number of nitrogens with zero attached hydrogens (tertiary/aromatic N) is 1. The standard InChI is InChI=1S/C13H17NO3/c1-3-12(11-7-5-4-6-8-11)14-13(15)17-10-9-16-2/h4-8H,3,9-10H2,1-2H3. The van der Waals surface area contributed by atoms with Crippen LogP contribution in [0.15, 0.2) is 35.3 Å². The molecular formula is C13H17NO3. The molecule has 0 fully saturated rings. The Morgan fingerprint density at radius 2 is 1.94 bits per heavy atom. The molecule has 4 heteroatoms. The summed E-state index contributed by atoms with van der Waals surface area (Å²) in [6.45, 7) is 2.56. The molecule has 1 aromatic carbocycles. The zero-order valence-corrected chi connectivity index (χ0v) is 10.2. The molecule has 0 aromatic heterocycles. The van der Waals surface area contributed by atoms with Crippen LogP contribution >= 0.6 is 0 Å². The second-order valence-electron chi connectivity index (χ2n) is 3.39. The summed E-state index contributed by atoms with van der Waals surface area (Å²) in [5.74, 6) is 0. The quantitative estimate of drug-likeness (QED) is 0.582. The minimum atomic E-state index is -0.567. The van der Waals surface area contributed by atoms with E-state index in [4.69, 9.17) is 9.47 Å². The Hall–Kier alpha value is -1.68. The second-order valence-corrected chi connectivity index (χ2v) is 3.39. The highest BCUT2D eigenvalue weighted by atomic mass is 16.6. The molecule has 0 heterocycles. The zero-order valence-electron chi connectivity index (χ0n) is 10.2. The van der Waals surface area contributed by atoms with Crippen LogP contribution in [0.1, 0.15) is 18.9 Å². The van der Waals surface area contributed by atoms with Gasteiger partial charge >= 0.3 is 6.09 Å². The van der Waals surface area contributed by atoms with E-state index in [0.29, 0.717) is 13.0 Å². The fourth-order valence-corrected chi connectivity index (χ4v) is 1.33. The van der Waals surface area contributed by atoms with E-state index in [2.05, 4.69) is 4.99 Å². The maximum absolute atomic E-state index is 11.4. The van der Waals surface area contributed by atoms with Crippen molar-refractivity contribution in [3.05, 3.63) is 35.9 Å². The van der Waals surface area contributed by atoms with Crippen LogP contribution in [0.25, 0.3) is 0 Å². The zero-order chi connectivity index (χ0) is 12.5. The molecule has 92 valence electrons. The summed E-state index contributed by atoms with van der Waals surface area (Å²) in [6, 6.07) is 9.59. The molecule has 1 aromatic rings. The van der Waals surface area contributed by atoms with Crippen LogP contribution < -0.4 is 0 Å². The Bertz CT molecular complexity index is 374. The van der Waals surface area contributed by atoms with Crippen molar-refractivity contribution in [2.24, 2.45) is 4.99 Å². The summed E-state index contributed by atoms with van der Waals surface area (Å²) in [5, 5.41) is 0. The van der Waals surface area contributed by atoms with E-state index in [9.17, 15) is 4.79 Å². The van der Waals surface area contributed by atoms with E-state index in [1.54, 1.807) is 7.11 Å². The minimum Gasteiger partial charge on any atom is -0.445 e. The Labute approximate surface area is 101 Å². The monoisotopic (exact) mass is 235 g/mol. The molecule has 0 saturated carbocycles. The van der Waals surface area contributed by atoms with E-state index in [-0.39, 0.29) is 6.61 Å². The Balaban J connectivity index is 2.64. The molecule has 0 aliphatic rings. The van der Waals surface area contributed by atoms with Gasteiger partial charge in [-0.05, 0) is 12.0 Å². The second kappa shape index (κ2) is 7.57. The fraction of sp³-hybridized carbons (Fsp3) is 0.385. The van der Waals surface area contributed by atoms with Gasteiger partial charge in [-0.15, -0.1) is 0 Å². The highest BCUT2D eigenvalue weighted by Gasteiger charge is 2.05. The number of methoxy groups -OCH3 is 1. The lowest BCUT2D eigenvalue weighted by Crippen LogP contribution is -2.09. The molecule has 0 bridgehead atoms. The average Bonchev–Trinajstić information content (AvgIpc) is 2.37. The summed E-state index contributed by atoms with van der Waals surface area (Å²) in [4.78, 5) is 15.3. The van der Waals surface area contributed by atoms with Crippen molar-refractivity contribution >= 4 is 11.8 Å². The van der Waals surface area contributed by atoms with E-state index < -0.39 is 6.09 Å². The Morgan fingerprint density at radius 1 is 1.24 bits per heavy atom. The van der Waals surface area contributed by atoms with Crippen LogP contribution in [0.2, 0.25) is 0 Å². The van der Waals surface area contributed by atoms with Gasteiger partial charge in [0.1, 0.15) is 6.61 Å². The van der Waals surface area contributed by atoms with Gasteiger partial charge in [0, 0.05) is 7.11 Å². The van der Waals surface area contributed by atoms with Crippen LogP contribution in [-0.4, -0.2) is 32.1 Å². The number of benzene rings is 1. The maximum atomic E-state index is 11.4. The number of aliphatic imine (C=N–C) groups is 1. The summed E-state index contributed by atoms with van der Waals surface area (Å²) in [6.07, 6.45) is 0.117. The lowest BCUT2D eigenvalue weighted by molar-refractivity contribution is 0.105. The van der Waals surface area contributed by atoms with E-state index in [1.165, 1.54) is 0 Å². The molecule has 0 unspecified atom stereocenters. The molecule has 1 rings (SSSR count). The van der Waals surface area contributed by atoms with Gasteiger partial charge in [0.15, 0.2) is 0 Å². The highest BCUT2D eigenvalue weighted by Crippen LogP contribution is 2.05. The van der Waals surface area contributed by atoms with Gasteiger partial charge in [0.2, 0.25) is 0 Å². The number of hydrogen-bond donors (Lipinski definition) is 0. The van der Waals surface area contributed by atoms with Crippen LogP contribution in [0, 0.1) is 0 Å². The normalized spacial score (nSPS) is 11.3. The molecule has 0 aliphatic carbocycles. The van der Waals surface area contributed by atoms with Gasteiger partial charge in [-0.1, -0.05) is 37.3 Å². The first-order valence-corrected chi connectivity index (χ1v) is 5.56. The summed E-state index contributed by atoms with van der Waals surface area (Å²) < 4.78 is 9.67. The molecule has 1 amide bonds. The maximum Gasteiger partial charge on any atom is 0.433 e. The van der Waals surface area contributed by atoms with Crippen LogP contribution in [0.3, 0.4) is 0 Å².